The number of ether oxygens (including phenoxy) is 1. The zero-order chi connectivity index (χ0) is 16.8. The topological polar surface area (TPSA) is 45.3 Å². The van der Waals surface area contributed by atoms with Gasteiger partial charge >= 0.3 is 0 Å². The number of hydrogen-bond donors (Lipinski definition) is 1. The van der Waals surface area contributed by atoms with Crippen molar-refractivity contribution in [3.63, 3.8) is 0 Å². The molecule has 2 aliphatic rings. The van der Waals surface area contributed by atoms with Crippen LogP contribution in [0, 0.1) is 5.92 Å². The third-order valence-electron chi connectivity index (χ3n) is 5.49. The lowest BCUT2D eigenvalue weighted by atomic mass is 10.1. The van der Waals surface area contributed by atoms with Gasteiger partial charge in [-0.15, -0.1) is 0 Å². The fourth-order valence-corrected chi connectivity index (χ4v) is 3.95. The van der Waals surface area contributed by atoms with Gasteiger partial charge in [0.2, 0.25) is 0 Å². The highest BCUT2D eigenvalue weighted by molar-refractivity contribution is 6.09. The predicted octanol–water partition coefficient (Wildman–Crippen LogP) is 3.96. The van der Waals surface area contributed by atoms with Crippen molar-refractivity contribution in [2.45, 2.75) is 25.3 Å². The van der Waals surface area contributed by atoms with Crippen molar-refractivity contribution in [3.8, 4) is 0 Å². The van der Waals surface area contributed by atoms with Gasteiger partial charge in [-0.1, -0.05) is 30.3 Å². The lowest BCUT2D eigenvalue weighted by molar-refractivity contribution is 0.0701. The van der Waals surface area contributed by atoms with Crippen molar-refractivity contribution >= 4 is 27.6 Å². The highest BCUT2D eigenvalue weighted by Gasteiger charge is 2.35. The van der Waals surface area contributed by atoms with E-state index in [4.69, 9.17) is 4.74 Å². The van der Waals surface area contributed by atoms with E-state index in [2.05, 4.69) is 34.1 Å². The van der Waals surface area contributed by atoms with Gasteiger partial charge in [-0.3, -0.25) is 4.79 Å². The largest absolute Gasteiger partial charge is 0.381 e. The van der Waals surface area contributed by atoms with Crippen LogP contribution in [-0.4, -0.2) is 41.6 Å². The lowest BCUT2D eigenvalue weighted by Gasteiger charge is -2.24. The van der Waals surface area contributed by atoms with Crippen LogP contribution in [0.4, 0.5) is 0 Å². The third-order valence-corrected chi connectivity index (χ3v) is 5.49. The first-order valence-corrected chi connectivity index (χ1v) is 9.19. The van der Waals surface area contributed by atoms with Crippen LogP contribution in [-0.2, 0) is 4.74 Å². The fourth-order valence-electron chi connectivity index (χ4n) is 3.95. The zero-order valence-corrected chi connectivity index (χ0v) is 14.2. The van der Waals surface area contributed by atoms with Crippen LogP contribution in [0.3, 0.4) is 0 Å². The molecule has 1 atom stereocenters. The number of aromatic nitrogens is 1. The zero-order valence-electron chi connectivity index (χ0n) is 14.2. The maximum Gasteiger partial charge on any atom is 0.270 e. The number of amides is 1. The highest BCUT2D eigenvalue weighted by Crippen LogP contribution is 2.32. The van der Waals surface area contributed by atoms with E-state index in [-0.39, 0.29) is 5.91 Å². The summed E-state index contributed by atoms with van der Waals surface area (Å²) in [6.45, 7) is 2.43. The normalized spacial score (nSPS) is 20.4. The van der Waals surface area contributed by atoms with Crippen molar-refractivity contribution < 1.29 is 9.53 Å². The Kier molecular flexibility index (Phi) is 3.52. The maximum absolute atomic E-state index is 13.2. The van der Waals surface area contributed by atoms with Gasteiger partial charge in [0.05, 0.1) is 6.61 Å². The Hall–Kier alpha value is -2.33. The maximum atomic E-state index is 13.2. The van der Waals surface area contributed by atoms with Gasteiger partial charge in [-0.05, 0) is 42.2 Å². The molecule has 5 rings (SSSR count). The van der Waals surface area contributed by atoms with E-state index >= 15 is 0 Å². The Balaban J connectivity index is 1.50. The van der Waals surface area contributed by atoms with E-state index in [0.717, 1.165) is 49.9 Å². The van der Waals surface area contributed by atoms with E-state index in [9.17, 15) is 4.79 Å². The molecule has 0 spiro atoms. The molecular formula is C21H22N2O2. The molecule has 128 valence electrons. The molecule has 2 heterocycles. The predicted molar refractivity (Wildman–Crippen MR) is 98.8 cm³/mol. The summed E-state index contributed by atoms with van der Waals surface area (Å²) in [5, 5.41) is 3.52. The average Bonchev–Trinajstić information content (AvgIpc) is 3.18. The minimum absolute atomic E-state index is 0.134. The van der Waals surface area contributed by atoms with Gasteiger partial charge in [-0.25, -0.2) is 0 Å². The molecule has 0 bridgehead atoms. The summed E-state index contributed by atoms with van der Waals surface area (Å²) in [5.41, 5.74) is 1.74. The van der Waals surface area contributed by atoms with Gasteiger partial charge in [0.15, 0.2) is 0 Å². The number of rotatable bonds is 4. The van der Waals surface area contributed by atoms with E-state index < -0.39 is 0 Å². The van der Waals surface area contributed by atoms with Crippen LogP contribution < -0.4 is 0 Å². The number of H-pyrrole nitrogens is 1. The Morgan fingerprint density at radius 3 is 2.80 bits per heavy atom. The van der Waals surface area contributed by atoms with Crippen molar-refractivity contribution in [3.05, 3.63) is 48.2 Å². The molecule has 4 heteroatoms. The standard InChI is InChI=1S/C21H22N2O2/c24-21(23(16-6-7-16)12-14-9-10-25-13-14)20-11-18-17-4-2-1-3-15(17)5-8-19(18)22-20/h1-5,8,11,14,16,22H,6-7,9-10,12-13H2/t14-/m0/s1. The Bertz CT molecular complexity index is 935. The SMILES string of the molecule is O=C(c1cc2c(ccc3ccccc32)[nH]1)N(C[C@@H]1CCOC1)C1CC1. The fraction of sp³-hybridized carbons (Fsp3) is 0.381. The molecule has 2 fully saturated rings. The van der Waals surface area contributed by atoms with Gasteiger partial charge in [0.1, 0.15) is 5.69 Å². The average molecular weight is 334 g/mol. The Labute approximate surface area is 146 Å². The molecular weight excluding hydrogens is 312 g/mol. The first-order valence-electron chi connectivity index (χ1n) is 9.19. The van der Waals surface area contributed by atoms with Gasteiger partial charge < -0.3 is 14.6 Å². The second kappa shape index (κ2) is 5.88. The van der Waals surface area contributed by atoms with Gasteiger partial charge in [-0.2, -0.15) is 0 Å². The third kappa shape index (κ3) is 2.71. The molecule has 2 aromatic carbocycles. The van der Waals surface area contributed by atoms with E-state index in [1.165, 1.54) is 10.8 Å². The summed E-state index contributed by atoms with van der Waals surface area (Å²) in [5.74, 6) is 0.615. The highest BCUT2D eigenvalue weighted by atomic mass is 16.5. The number of fused-ring (bicyclic) bond motifs is 3. The number of hydrogen-bond acceptors (Lipinski definition) is 2. The molecule has 0 radical (unpaired) electrons. The van der Waals surface area contributed by atoms with Crippen molar-refractivity contribution in [1.82, 2.24) is 9.88 Å². The first-order chi connectivity index (χ1) is 12.3. The number of aromatic amines is 1. The molecule has 0 unspecified atom stereocenters. The first kappa shape index (κ1) is 15.0. The van der Waals surface area contributed by atoms with Crippen LogP contribution >= 0.6 is 0 Å². The van der Waals surface area contributed by atoms with Crippen LogP contribution in [0.5, 0.6) is 0 Å². The number of benzene rings is 2. The van der Waals surface area contributed by atoms with Crippen LogP contribution in [0.25, 0.3) is 21.7 Å². The summed E-state index contributed by atoms with van der Waals surface area (Å²) in [6.07, 6.45) is 3.32. The van der Waals surface area contributed by atoms with Crippen molar-refractivity contribution in [2.75, 3.05) is 19.8 Å². The number of nitrogens with zero attached hydrogens (tertiary/aromatic N) is 1. The van der Waals surface area contributed by atoms with Crippen LogP contribution in [0.15, 0.2) is 42.5 Å². The van der Waals surface area contributed by atoms with Crippen molar-refractivity contribution in [2.24, 2.45) is 5.92 Å². The summed E-state index contributed by atoms with van der Waals surface area (Å²) in [4.78, 5) is 18.6. The lowest BCUT2D eigenvalue weighted by Crippen LogP contribution is -2.37. The second-order valence-electron chi connectivity index (χ2n) is 7.35. The van der Waals surface area contributed by atoms with Crippen molar-refractivity contribution in [1.29, 1.82) is 0 Å². The number of carbonyl (C=O) groups is 1. The number of nitrogens with one attached hydrogen (secondary N) is 1. The minimum atomic E-state index is 0.134. The van der Waals surface area contributed by atoms with E-state index in [1.54, 1.807) is 0 Å². The smallest absolute Gasteiger partial charge is 0.270 e. The molecule has 1 N–H and O–H groups in total. The minimum Gasteiger partial charge on any atom is -0.381 e. The summed E-state index contributed by atoms with van der Waals surface area (Å²) >= 11 is 0. The summed E-state index contributed by atoms with van der Waals surface area (Å²) in [7, 11) is 0. The Morgan fingerprint density at radius 2 is 2.00 bits per heavy atom. The molecule has 1 amide bonds. The second-order valence-corrected chi connectivity index (χ2v) is 7.35. The molecule has 1 aliphatic carbocycles. The Morgan fingerprint density at radius 1 is 1.12 bits per heavy atom. The molecule has 1 saturated carbocycles. The quantitative estimate of drug-likeness (QED) is 0.785. The van der Waals surface area contributed by atoms with Gasteiger partial charge in [0, 0.05) is 36.0 Å². The summed E-state index contributed by atoms with van der Waals surface area (Å²) < 4.78 is 5.49. The molecule has 1 aliphatic heterocycles. The van der Waals surface area contributed by atoms with Crippen LogP contribution in [0.2, 0.25) is 0 Å². The van der Waals surface area contributed by atoms with Gasteiger partial charge in [0.25, 0.3) is 5.91 Å². The monoisotopic (exact) mass is 334 g/mol. The molecule has 3 aromatic rings. The van der Waals surface area contributed by atoms with E-state index in [0.29, 0.717) is 17.7 Å². The molecule has 1 aromatic heterocycles. The van der Waals surface area contributed by atoms with Crippen LogP contribution in [0.1, 0.15) is 29.8 Å². The molecule has 4 nitrogen and oxygen atoms in total. The molecule has 25 heavy (non-hydrogen) atoms. The summed E-state index contributed by atoms with van der Waals surface area (Å²) in [6, 6.07) is 14.9. The van der Waals surface area contributed by atoms with E-state index in [1.807, 2.05) is 18.2 Å². The molecule has 1 saturated heterocycles. The number of carbonyl (C=O) groups excluding carboxylic acids is 1.